The van der Waals surface area contributed by atoms with Crippen LogP contribution in [-0.2, 0) is 22.3 Å². The van der Waals surface area contributed by atoms with Gasteiger partial charge in [-0.1, -0.05) is 48.5 Å². The summed E-state index contributed by atoms with van der Waals surface area (Å²) in [5.74, 6) is -0.215. The summed E-state index contributed by atoms with van der Waals surface area (Å²) in [7, 11) is 0. The number of benzene rings is 3. The maximum Gasteiger partial charge on any atom is 0.282 e. The highest BCUT2D eigenvalue weighted by Gasteiger charge is 2.17. The molecule has 1 amide bonds. The van der Waals surface area contributed by atoms with Crippen LogP contribution in [-0.4, -0.2) is 48.2 Å². The maximum absolute atomic E-state index is 12.6. The van der Waals surface area contributed by atoms with Crippen LogP contribution >= 0.6 is 0 Å². The van der Waals surface area contributed by atoms with E-state index in [2.05, 4.69) is 20.3 Å². The Hall–Kier alpha value is -5.12. The van der Waals surface area contributed by atoms with Gasteiger partial charge in [0.1, 0.15) is 18.9 Å². The van der Waals surface area contributed by atoms with E-state index in [4.69, 9.17) is 26.7 Å². The summed E-state index contributed by atoms with van der Waals surface area (Å²) in [4.78, 5) is 25.3. The number of fused-ring (bicyclic) bond motifs is 1. The quantitative estimate of drug-likeness (QED) is 0.234. The third-order valence-electron chi connectivity index (χ3n) is 7.08. The maximum atomic E-state index is 12.6. The van der Waals surface area contributed by atoms with E-state index in [9.17, 15) is 4.79 Å². The van der Waals surface area contributed by atoms with Gasteiger partial charge in [-0.05, 0) is 72.5 Å². The summed E-state index contributed by atoms with van der Waals surface area (Å²) in [5, 5.41) is 4.75. The van der Waals surface area contributed by atoms with E-state index in [1.54, 1.807) is 6.20 Å². The van der Waals surface area contributed by atoms with Crippen LogP contribution in [0, 0.1) is 0 Å². The van der Waals surface area contributed by atoms with Gasteiger partial charge >= 0.3 is 0 Å². The number of nitrogens with one attached hydrogen (secondary N) is 1. The molecule has 6 rings (SSSR count). The number of carbonyl (C=O) groups is 1. The number of carbonyl (C=O) groups excluding carboxylic acids is 1. The number of aryl methyl sites for hydroxylation is 2. The van der Waals surface area contributed by atoms with Crippen molar-refractivity contribution in [2.75, 3.05) is 24.3 Å². The van der Waals surface area contributed by atoms with Crippen molar-refractivity contribution < 1.29 is 14.3 Å². The molecule has 10 nitrogen and oxygen atoms in total. The first-order valence-electron chi connectivity index (χ1n) is 13.9. The number of amidine groups is 2. The molecule has 2 atom stereocenters. The topological polar surface area (TPSA) is 163 Å². The number of ether oxygens (including phenoxy) is 2. The fourth-order valence-electron chi connectivity index (χ4n) is 4.76. The van der Waals surface area contributed by atoms with Crippen LogP contribution in [0.15, 0.2) is 95.0 Å². The van der Waals surface area contributed by atoms with E-state index < -0.39 is 0 Å². The van der Waals surface area contributed by atoms with Crippen LogP contribution in [0.4, 0.5) is 11.4 Å². The van der Waals surface area contributed by atoms with Crippen molar-refractivity contribution in [1.29, 1.82) is 0 Å². The van der Waals surface area contributed by atoms with Gasteiger partial charge in [0.15, 0.2) is 0 Å². The molecule has 0 aliphatic carbocycles. The van der Waals surface area contributed by atoms with Gasteiger partial charge < -0.3 is 32.0 Å². The molecule has 3 heterocycles. The van der Waals surface area contributed by atoms with Crippen molar-refractivity contribution >= 4 is 40.1 Å². The second-order valence-corrected chi connectivity index (χ2v) is 10.2. The Labute approximate surface area is 244 Å². The fraction of sp³-hybridized carbons (Fsp3) is 0.250. The molecule has 216 valence electrons. The van der Waals surface area contributed by atoms with Gasteiger partial charge in [0.25, 0.3) is 18.0 Å². The van der Waals surface area contributed by atoms with Crippen LogP contribution in [0.2, 0.25) is 0 Å². The summed E-state index contributed by atoms with van der Waals surface area (Å²) < 4.78 is 10.2. The summed E-state index contributed by atoms with van der Waals surface area (Å²) in [5.41, 5.74) is 21.0. The van der Waals surface area contributed by atoms with Crippen LogP contribution in [0.5, 0.6) is 0 Å². The van der Waals surface area contributed by atoms with Crippen LogP contribution < -0.4 is 22.5 Å². The summed E-state index contributed by atoms with van der Waals surface area (Å²) >= 11 is 0. The van der Waals surface area contributed by atoms with E-state index in [1.165, 1.54) is 11.1 Å². The lowest BCUT2D eigenvalue weighted by atomic mass is 10.1. The molecule has 0 unspecified atom stereocenters. The number of nitrogen functional groups attached to an aromatic ring is 1. The summed E-state index contributed by atoms with van der Waals surface area (Å²) in [6.07, 6.45) is 5.36. The Morgan fingerprint density at radius 1 is 0.762 bits per heavy atom. The van der Waals surface area contributed by atoms with Crippen molar-refractivity contribution in [1.82, 2.24) is 4.98 Å². The van der Waals surface area contributed by atoms with Crippen molar-refractivity contribution in [2.24, 2.45) is 21.5 Å². The molecular formula is C32H35N7O3. The average Bonchev–Trinajstić information content (AvgIpc) is 3.63. The minimum absolute atomic E-state index is 0.127. The number of nitrogens with two attached hydrogens (primary N) is 3. The molecule has 42 heavy (non-hydrogen) atoms. The second kappa shape index (κ2) is 13.5. The van der Waals surface area contributed by atoms with Crippen LogP contribution in [0.25, 0.3) is 10.8 Å². The molecule has 0 saturated carbocycles. The number of aliphatic imine (C=N–C) groups is 2. The van der Waals surface area contributed by atoms with E-state index in [1.807, 2.05) is 78.9 Å². The molecule has 1 aromatic heterocycles. The number of rotatable bonds is 8. The van der Waals surface area contributed by atoms with Gasteiger partial charge in [-0.15, -0.1) is 0 Å². The second-order valence-electron chi connectivity index (χ2n) is 10.2. The molecule has 10 heteroatoms. The highest BCUT2D eigenvalue weighted by Crippen LogP contribution is 2.19. The monoisotopic (exact) mass is 565 g/mol. The predicted molar refractivity (Wildman–Crippen MR) is 166 cm³/mol. The Bertz CT molecular complexity index is 1560. The zero-order valence-corrected chi connectivity index (χ0v) is 23.3. The van der Waals surface area contributed by atoms with Gasteiger partial charge in [0.2, 0.25) is 0 Å². The van der Waals surface area contributed by atoms with Gasteiger partial charge in [0.05, 0.1) is 12.1 Å². The molecule has 0 radical (unpaired) electrons. The molecule has 3 aromatic carbocycles. The van der Waals surface area contributed by atoms with E-state index in [-0.39, 0.29) is 24.0 Å². The Morgan fingerprint density at radius 3 is 1.90 bits per heavy atom. The normalized spacial score (nSPS) is 17.3. The number of amides is 1. The van der Waals surface area contributed by atoms with Gasteiger partial charge in [-0.2, -0.15) is 0 Å². The fourth-order valence-corrected chi connectivity index (χ4v) is 4.76. The Balaban J connectivity index is 0.000000199. The minimum atomic E-state index is -0.215. The number of pyridine rings is 1. The minimum Gasteiger partial charge on any atom is -0.463 e. The van der Waals surface area contributed by atoms with Crippen molar-refractivity contribution in [3.63, 3.8) is 0 Å². The number of hydrogen-bond acceptors (Lipinski definition) is 9. The highest BCUT2D eigenvalue weighted by molar-refractivity contribution is 6.11. The molecule has 2 aliphatic heterocycles. The number of aromatic nitrogens is 1. The highest BCUT2D eigenvalue weighted by atomic mass is 16.5. The molecular weight excluding hydrogens is 530 g/mol. The first kappa shape index (κ1) is 28.4. The average molecular weight is 566 g/mol. The predicted octanol–water partition coefficient (Wildman–Crippen LogP) is 4.05. The molecule has 7 N–H and O–H groups in total. The lowest BCUT2D eigenvalue weighted by molar-refractivity contribution is 0.102. The zero-order valence-electron chi connectivity index (χ0n) is 23.3. The molecule has 0 saturated heterocycles. The summed E-state index contributed by atoms with van der Waals surface area (Å²) in [6, 6.07) is 26.3. The lowest BCUT2D eigenvalue weighted by Crippen LogP contribution is -2.14. The Morgan fingerprint density at radius 2 is 1.33 bits per heavy atom. The number of hydrogen-bond donors (Lipinski definition) is 4. The third kappa shape index (κ3) is 7.75. The van der Waals surface area contributed by atoms with Gasteiger partial charge in [-0.3, -0.25) is 9.78 Å². The standard InChI is InChI=1S/C21H20N4O2.C11H15N3O/c22-21-25-17(13-27-21)10-7-14-5-8-16(9-6-14)24-20(26)19-18-4-2-1-3-15(18)11-12-23-19;12-9-4-1-8(2-5-9)3-6-10-7-15-11(13)14-10/h1-6,8-9,11-12,17H,7,10,13H2,(H2,22,25)(H,24,26);1-2,4-5,10H,3,6-7,12H2,(H2,13,14)/t17-;10-/m00/s1. The first-order chi connectivity index (χ1) is 20.4. The van der Waals surface area contributed by atoms with E-state index >= 15 is 0 Å². The van der Waals surface area contributed by atoms with Crippen molar-refractivity contribution in [2.45, 2.75) is 37.8 Å². The Kier molecular flexibility index (Phi) is 9.13. The van der Waals surface area contributed by atoms with Crippen LogP contribution in [0.1, 0.15) is 34.5 Å². The summed E-state index contributed by atoms with van der Waals surface area (Å²) in [6.45, 7) is 1.17. The van der Waals surface area contributed by atoms with Gasteiger partial charge in [-0.25, -0.2) is 9.98 Å². The third-order valence-corrected chi connectivity index (χ3v) is 7.08. The van der Waals surface area contributed by atoms with E-state index in [0.717, 1.165) is 47.8 Å². The molecule has 2 aliphatic rings. The van der Waals surface area contributed by atoms with Crippen molar-refractivity contribution in [3.05, 3.63) is 102 Å². The van der Waals surface area contributed by atoms with E-state index in [0.29, 0.717) is 24.9 Å². The number of anilines is 2. The largest absolute Gasteiger partial charge is 0.463 e. The smallest absolute Gasteiger partial charge is 0.282 e. The number of nitrogens with zero attached hydrogens (tertiary/aromatic N) is 3. The zero-order chi connectivity index (χ0) is 29.3. The molecule has 0 spiro atoms. The van der Waals surface area contributed by atoms with Crippen LogP contribution in [0.3, 0.4) is 0 Å². The molecule has 0 fully saturated rings. The lowest BCUT2D eigenvalue weighted by Gasteiger charge is -2.09. The molecule has 0 bridgehead atoms. The van der Waals surface area contributed by atoms with Gasteiger partial charge in [0, 0.05) is 23.0 Å². The molecule has 4 aromatic rings. The first-order valence-corrected chi connectivity index (χ1v) is 13.9. The van der Waals surface area contributed by atoms with Crippen molar-refractivity contribution in [3.8, 4) is 0 Å². The SMILES string of the molecule is NC1=N[C@@H](CCc2ccc(N)cc2)CO1.NC1=N[C@@H](CCc2ccc(NC(=O)c3nccc4ccccc34)cc2)CO1.